The number of ether oxygens (including phenoxy) is 3. The maximum absolute atomic E-state index is 13.2. The number of hydrogen-bond donors (Lipinski definition) is 2. The highest BCUT2D eigenvalue weighted by Gasteiger charge is 2.28. The third-order valence-corrected chi connectivity index (χ3v) is 5.21. The van der Waals surface area contributed by atoms with Gasteiger partial charge in [-0.1, -0.05) is 19.9 Å². The minimum atomic E-state index is -0.756. The van der Waals surface area contributed by atoms with E-state index in [-0.39, 0.29) is 11.8 Å². The summed E-state index contributed by atoms with van der Waals surface area (Å²) in [6, 6.07) is 7.97. The molecule has 0 bridgehead atoms. The molecule has 0 saturated carbocycles. The molecule has 0 aliphatic heterocycles. The van der Waals surface area contributed by atoms with E-state index in [2.05, 4.69) is 15.6 Å². The van der Waals surface area contributed by atoms with Crippen molar-refractivity contribution in [1.82, 2.24) is 14.9 Å². The summed E-state index contributed by atoms with van der Waals surface area (Å²) in [4.78, 5) is 30.1. The topological polar surface area (TPSA) is 104 Å². The first-order chi connectivity index (χ1) is 15.3. The molecule has 0 saturated heterocycles. The molecule has 3 rings (SSSR count). The van der Waals surface area contributed by atoms with Crippen molar-refractivity contribution in [2.24, 2.45) is 13.0 Å². The van der Waals surface area contributed by atoms with Gasteiger partial charge >= 0.3 is 0 Å². The Morgan fingerprint density at radius 3 is 2.31 bits per heavy atom. The number of aryl methyl sites for hydroxylation is 1. The van der Waals surface area contributed by atoms with Crippen LogP contribution >= 0.6 is 0 Å². The number of carbonyl (C=O) groups excluding carboxylic acids is 2. The van der Waals surface area contributed by atoms with Crippen molar-refractivity contribution < 1.29 is 23.8 Å². The SMILES string of the molecule is COc1cc2cc(C(=O)NC(C(=O)Nc3ccccn3)C(C)C)n(C)c2c(OC)c1OC. The summed E-state index contributed by atoms with van der Waals surface area (Å²) in [5, 5.41) is 6.33. The van der Waals surface area contributed by atoms with Gasteiger partial charge in [0.2, 0.25) is 11.7 Å². The number of hydrogen-bond acceptors (Lipinski definition) is 6. The summed E-state index contributed by atoms with van der Waals surface area (Å²) in [6.45, 7) is 3.73. The van der Waals surface area contributed by atoms with Gasteiger partial charge in [-0.15, -0.1) is 0 Å². The van der Waals surface area contributed by atoms with Gasteiger partial charge in [-0.25, -0.2) is 4.98 Å². The molecule has 0 spiro atoms. The van der Waals surface area contributed by atoms with Gasteiger partial charge in [0.05, 0.1) is 26.8 Å². The number of rotatable bonds is 8. The molecular formula is C23H28N4O5. The van der Waals surface area contributed by atoms with E-state index in [0.717, 1.165) is 5.39 Å². The molecule has 2 aromatic heterocycles. The van der Waals surface area contributed by atoms with E-state index >= 15 is 0 Å². The predicted octanol–water partition coefficient (Wildman–Crippen LogP) is 2.99. The van der Waals surface area contributed by atoms with E-state index in [4.69, 9.17) is 14.2 Å². The van der Waals surface area contributed by atoms with E-state index < -0.39 is 11.9 Å². The number of fused-ring (bicyclic) bond motifs is 1. The number of aromatic nitrogens is 2. The molecule has 9 nitrogen and oxygen atoms in total. The molecule has 0 aliphatic rings. The second-order valence-corrected chi connectivity index (χ2v) is 7.57. The van der Waals surface area contributed by atoms with Crippen molar-refractivity contribution in [2.45, 2.75) is 19.9 Å². The Hall–Kier alpha value is -3.75. The predicted molar refractivity (Wildman–Crippen MR) is 122 cm³/mol. The van der Waals surface area contributed by atoms with Crippen molar-refractivity contribution in [3.63, 3.8) is 0 Å². The van der Waals surface area contributed by atoms with Crippen LogP contribution in [0.3, 0.4) is 0 Å². The Bertz CT molecular complexity index is 1120. The maximum atomic E-state index is 13.2. The summed E-state index contributed by atoms with van der Waals surface area (Å²) in [5.74, 6) is 0.926. The van der Waals surface area contributed by atoms with Crippen molar-refractivity contribution in [3.05, 3.63) is 42.2 Å². The van der Waals surface area contributed by atoms with Crippen molar-refractivity contribution >= 4 is 28.5 Å². The van der Waals surface area contributed by atoms with E-state index in [1.807, 2.05) is 13.8 Å². The van der Waals surface area contributed by atoms with Crippen LogP contribution in [0.1, 0.15) is 24.3 Å². The lowest BCUT2D eigenvalue weighted by Gasteiger charge is -2.21. The number of amides is 2. The van der Waals surface area contributed by atoms with Gasteiger partial charge in [0.25, 0.3) is 5.91 Å². The Balaban J connectivity index is 1.94. The fourth-order valence-corrected chi connectivity index (χ4v) is 3.59. The molecule has 1 aromatic carbocycles. The summed E-state index contributed by atoms with van der Waals surface area (Å²) in [6.07, 6.45) is 1.59. The first-order valence-corrected chi connectivity index (χ1v) is 10.1. The van der Waals surface area contributed by atoms with Crippen LogP contribution in [-0.4, -0.2) is 48.7 Å². The second kappa shape index (κ2) is 9.59. The zero-order chi connectivity index (χ0) is 23.4. The zero-order valence-electron chi connectivity index (χ0n) is 19.1. The van der Waals surface area contributed by atoms with E-state index in [1.54, 1.807) is 48.1 Å². The molecule has 1 atom stereocenters. The zero-order valence-corrected chi connectivity index (χ0v) is 19.1. The lowest BCUT2D eigenvalue weighted by molar-refractivity contribution is -0.118. The van der Waals surface area contributed by atoms with Crippen LogP contribution in [0.15, 0.2) is 36.5 Å². The Labute approximate surface area is 186 Å². The van der Waals surface area contributed by atoms with Crippen LogP contribution in [0.2, 0.25) is 0 Å². The van der Waals surface area contributed by atoms with Crippen LogP contribution in [0.25, 0.3) is 10.9 Å². The molecular weight excluding hydrogens is 412 g/mol. The molecule has 1 unspecified atom stereocenters. The lowest BCUT2D eigenvalue weighted by Crippen LogP contribution is -2.47. The van der Waals surface area contributed by atoms with Crippen molar-refractivity contribution in [2.75, 3.05) is 26.6 Å². The third kappa shape index (κ3) is 4.32. The fraction of sp³-hybridized carbons (Fsp3) is 0.348. The van der Waals surface area contributed by atoms with Gasteiger partial charge in [-0.3, -0.25) is 9.59 Å². The summed E-state index contributed by atoms with van der Waals surface area (Å²) >= 11 is 0. The van der Waals surface area contributed by atoms with E-state index in [0.29, 0.717) is 34.3 Å². The fourth-order valence-electron chi connectivity index (χ4n) is 3.59. The van der Waals surface area contributed by atoms with Crippen LogP contribution in [0.4, 0.5) is 5.82 Å². The molecule has 2 amide bonds. The Morgan fingerprint density at radius 1 is 1.03 bits per heavy atom. The normalized spacial score (nSPS) is 11.8. The molecule has 0 radical (unpaired) electrons. The lowest BCUT2D eigenvalue weighted by atomic mass is 10.0. The molecule has 3 aromatic rings. The largest absolute Gasteiger partial charge is 0.493 e. The van der Waals surface area contributed by atoms with Gasteiger partial charge in [-0.05, 0) is 30.2 Å². The van der Waals surface area contributed by atoms with Crippen LogP contribution in [0, 0.1) is 5.92 Å². The number of nitrogens with zero attached hydrogens (tertiary/aromatic N) is 2. The molecule has 170 valence electrons. The molecule has 32 heavy (non-hydrogen) atoms. The monoisotopic (exact) mass is 440 g/mol. The quantitative estimate of drug-likeness (QED) is 0.558. The highest BCUT2D eigenvalue weighted by molar-refractivity contribution is 6.04. The van der Waals surface area contributed by atoms with Gasteiger partial charge in [0, 0.05) is 18.6 Å². The molecule has 2 heterocycles. The third-order valence-electron chi connectivity index (χ3n) is 5.21. The highest BCUT2D eigenvalue weighted by atomic mass is 16.5. The first kappa shape index (κ1) is 22.9. The van der Waals surface area contributed by atoms with Crippen LogP contribution < -0.4 is 24.8 Å². The maximum Gasteiger partial charge on any atom is 0.268 e. The smallest absolute Gasteiger partial charge is 0.268 e. The van der Waals surface area contributed by atoms with Gasteiger partial charge in [0.15, 0.2) is 11.5 Å². The summed E-state index contributed by atoms with van der Waals surface area (Å²) in [5.41, 5.74) is 1.04. The highest BCUT2D eigenvalue weighted by Crippen LogP contribution is 2.44. The molecule has 9 heteroatoms. The van der Waals surface area contributed by atoms with Crippen molar-refractivity contribution in [3.8, 4) is 17.2 Å². The minimum absolute atomic E-state index is 0.146. The van der Waals surface area contributed by atoms with Crippen LogP contribution in [-0.2, 0) is 11.8 Å². The van der Waals surface area contributed by atoms with Crippen LogP contribution in [0.5, 0.6) is 17.2 Å². The molecule has 2 N–H and O–H groups in total. The molecule has 0 aliphatic carbocycles. The number of benzene rings is 1. The van der Waals surface area contributed by atoms with Gasteiger partial charge in [-0.2, -0.15) is 0 Å². The second-order valence-electron chi connectivity index (χ2n) is 7.57. The Kier molecular flexibility index (Phi) is 6.87. The number of carbonyl (C=O) groups is 2. The van der Waals surface area contributed by atoms with E-state index in [9.17, 15) is 9.59 Å². The van der Waals surface area contributed by atoms with Crippen molar-refractivity contribution in [1.29, 1.82) is 0 Å². The number of anilines is 1. The average Bonchev–Trinajstić information content (AvgIpc) is 3.12. The van der Waals surface area contributed by atoms with Gasteiger partial charge < -0.3 is 29.4 Å². The first-order valence-electron chi connectivity index (χ1n) is 10.1. The number of pyridine rings is 1. The number of methoxy groups -OCH3 is 3. The number of nitrogens with one attached hydrogen (secondary N) is 2. The average molecular weight is 441 g/mol. The summed E-state index contributed by atoms with van der Waals surface area (Å²) in [7, 11) is 6.34. The molecule has 0 fully saturated rings. The minimum Gasteiger partial charge on any atom is -0.493 e. The standard InChI is InChI=1S/C23H28N4O5/c1-13(2)18(23(29)25-17-9-7-8-10-24-17)26-22(28)15-11-14-12-16(30-4)20(31-5)21(32-6)19(14)27(15)3/h7-13,18H,1-6H3,(H,26,28)(H,24,25,29). The van der Waals surface area contributed by atoms with E-state index in [1.165, 1.54) is 21.3 Å². The van der Waals surface area contributed by atoms with Gasteiger partial charge in [0.1, 0.15) is 17.6 Å². The summed E-state index contributed by atoms with van der Waals surface area (Å²) < 4.78 is 18.1. The Morgan fingerprint density at radius 2 is 1.75 bits per heavy atom.